The number of tetrazole rings is 1. The van der Waals surface area contributed by atoms with E-state index in [2.05, 4.69) is 58.8 Å². The summed E-state index contributed by atoms with van der Waals surface area (Å²) in [6, 6.07) is 24.6. The highest BCUT2D eigenvalue weighted by Crippen LogP contribution is 2.31. The fourth-order valence-corrected chi connectivity index (χ4v) is 3.07. The third-order valence-corrected chi connectivity index (χ3v) is 4.55. The van der Waals surface area contributed by atoms with Gasteiger partial charge in [0, 0.05) is 5.56 Å². The van der Waals surface area contributed by atoms with Crippen molar-refractivity contribution in [3.8, 4) is 28.3 Å². The quantitative estimate of drug-likeness (QED) is 0.533. The molecule has 0 saturated carbocycles. The summed E-state index contributed by atoms with van der Waals surface area (Å²) in [5.74, 6) is 1.59. The number of aryl methyl sites for hydroxylation is 1. The number of hydrogen-bond donors (Lipinski definition) is 0. The van der Waals surface area contributed by atoms with E-state index in [0.717, 1.165) is 33.8 Å². The Morgan fingerprint density at radius 2 is 1.56 bits per heavy atom. The SMILES string of the molecule is COc1ccc(Cn2nnnc2-c2ccccc2-c2ccc(C)cc2)cc1. The zero-order valence-corrected chi connectivity index (χ0v) is 15.3. The topological polar surface area (TPSA) is 52.8 Å². The van der Waals surface area contributed by atoms with Crippen LogP contribution in [-0.2, 0) is 6.54 Å². The summed E-state index contributed by atoms with van der Waals surface area (Å²) in [6.07, 6.45) is 0. The van der Waals surface area contributed by atoms with Crippen molar-refractivity contribution in [2.24, 2.45) is 0 Å². The van der Waals surface area contributed by atoms with Gasteiger partial charge in [0.05, 0.1) is 13.7 Å². The Hall–Kier alpha value is -3.47. The second kappa shape index (κ2) is 7.41. The van der Waals surface area contributed by atoms with Crippen LogP contribution in [0.5, 0.6) is 5.75 Å². The standard InChI is InChI=1S/C22H20N4O/c1-16-7-11-18(12-8-16)20-5-3-4-6-21(20)22-23-24-25-26(22)15-17-9-13-19(27-2)14-10-17/h3-14H,15H2,1-2H3. The van der Waals surface area contributed by atoms with E-state index in [4.69, 9.17) is 4.74 Å². The molecule has 0 aliphatic carbocycles. The summed E-state index contributed by atoms with van der Waals surface area (Å²) in [4.78, 5) is 0. The third kappa shape index (κ3) is 3.58. The molecule has 0 N–H and O–H groups in total. The van der Waals surface area contributed by atoms with E-state index in [1.54, 1.807) is 7.11 Å². The highest BCUT2D eigenvalue weighted by atomic mass is 16.5. The molecule has 134 valence electrons. The number of hydrogen-bond acceptors (Lipinski definition) is 4. The van der Waals surface area contributed by atoms with Crippen LogP contribution in [-0.4, -0.2) is 27.3 Å². The fraction of sp³-hybridized carbons (Fsp3) is 0.136. The van der Waals surface area contributed by atoms with Crippen LogP contribution < -0.4 is 4.74 Å². The normalized spacial score (nSPS) is 10.7. The average molecular weight is 356 g/mol. The lowest BCUT2D eigenvalue weighted by Crippen LogP contribution is -2.05. The predicted molar refractivity (Wildman–Crippen MR) is 106 cm³/mol. The fourth-order valence-electron chi connectivity index (χ4n) is 3.07. The smallest absolute Gasteiger partial charge is 0.182 e. The summed E-state index contributed by atoms with van der Waals surface area (Å²) in [5.41, 5.74) is 5.62. The molecule has 5 nitrogen and oxygen atoms in total. The second-order valence-corrected chi connectivity index (χ2v) is 6.42. The molecule has 0 fully saturated rings. The largest absolute Gasteiger partial charge is 0.497 e. The number of ether oxygens (including phenoxy) is 1. The van der Waals surface area contributed by atoms with Crippen molar-refractivity contribution < 1.29 is 4.74 Å². The van der Waals surface area contributed by atoms with Crippen molar-refractivity contribution in [3.05, 3.63) is 83.9 Å². The molecular formula is C22H20N4O. The molecular weight excluding hydrogens is 336 g/mol. The molecule has 0 saturated heterocycles. The molecule has 1 aromatic heterocycles. The molecule has 1 heterocycles. The predicted octanol–water partition coefficient (Wildman–Crippen LogP) is 4.37. The van der Waals surface area contributed by atoms with Crippen LogP contribution in [0.15, 0.2) is 72.8 Å². The second-order valence-electron chi connectivity index (χ2n) is 6.42. The van der Waals surface area contributed by atoms with Gasteiger partial charge in [-0.3, -0.25) is 0 Å². The Morgan fingerprint density at radius 3 is 2.26 bits per heavy atom. The first-order valence-electron chi connectivity index (χ1n) is 8.80. The van der Waals surface area contributed by atoms with Crippen molar-refractivity contribution in [1.29, 1.82) is 0 Å². The molecule has 3 aromatic carbocycles. The van der Waals surface area contributed by atoms with E-state index < -0.39 is 0 Å². The highest BCUT2D eigenvalue weighted by molar-refractivity contribution is 5.80. The van der Waals surface area contributed by atoms with Gasteiger partial charge in [0.15, 0.2) is 5.82 Å². The summed E-state index contributed by atoms with van der Waals surface area (Å²) >= 11 is 0. The Balaban J connectivity index is 1.71. The maximum absolute atomic E-state index is 5.22. The monoisotopic (exact) mass is 356 g/mol. The number of rotatable bonds is 5. The number of aromatic nitrogens is 4. The molecule has 27 heavy (non-hydrogen) atoms. The molecule has 5 heteroatoms. The van der Waals surface area contributed by atoms with E-state index in [-0.39, 0.29) is 0 Å². The van der Waals surface area contributed by atoms with Gasteiger partial charge in [0.25, 0.3) is 0 Å². The van der Waals surface area contributed by atoms with E-state index in [0.29, 0.717) is 6.54 Å². The molecule has 4 aromatic rings. The summed E-state index contributed by atoms with van der Waals surface area (Å²) in [7, 11) is 1.66. The van der Waals surface area contributed by atoms with Crippen LogP contribution in [0.2, 0.25) is 0 Å². The molecule has 0 aliphatic heterocycles. The summed E-state index contributed by atoms with van der Waals surface area (Å²) in [5, 5.41) is 12.4. The van der Waals surface area contributed by atoms with Crippen molar-refractivity contribution in [2.45, 2.75) is 13.5 Å². The van der Waals surface area contributed by atoms with Crippen molar-refractivity contribution in [3.63, 3.8) is 0 Å². The minimum Gasteiger partial charge on any atom is -0.497 e. The van der Waals surface area contributed by atoms with Gasteiger partial charge in [0.2, 0.25) is 0 Å². The molecule has 0 radical (unpaired) electrons. The van der Waals surface area contributed by atoms with Crippen LogP contribution in [0.4, 0.5) is 0 Å². The van der Waals surface area contributed by atoms with E-state index in [9.17, 15) is 0 Å². The molecule has 0 aliphatic rings. The zero-order chi connectivity index (χ0) is 18.6. The van der Waals surface area contributed by atoms with Crippen LogP contribution in [0.3, 0.4) is 0 Å². The van der Waals surface area contributed by atoms with Crippen molar-refractivity contribution in [2.75, 3.05) is 7.11 Å². The van der Waals surface area contributed by atoms with Gasteiger partial charge < -0.3 is 4.74 Å². The molecule has 0 spiro atoms. The summed E-state index contributed by atoms with van der Waals surface area (Å²) < 4.78 is 7.05. The first kappa shape index (κ1) is 17.0. The highest BCUT2D eigenvalue weighted by Gasteiger charge is 2.14. The van der Waals surface area contributed by atoms with Gasteiger partial charge in [0.1, 0.15) is 5.75 Å². The molecule has 0 amide bonds. The van der Waals surface area contributed by atoms with Crippen LogP contribution in [0.25, 0.3) is 22.5 Å². The minimum absolute atomic E-state index is 0.592. The van der Waals surface area contributed by atoms with Gasteiger partial charge in [-0.05, 0) is 46.2 Å². The average Bonchev–Trinajstić information content (AvgIpc) is 3.17. The Labute approximate surface area is 158 Å². The van der Waals surface area contributed by atoms with E-state index in [1.165, 1.54) is 5.56 Å². The lowest BCUT2D eigenvalue weighted by atomic mass is 9.98. The van der Waals surface area contributed by atoms with Gasteiger partial charge in [-0.15, -0.1) is 5.10 Å². The van der Waals surface area contributed by atoms with E-state index >= 15 is 0 Å². The summed E-state index contributed by atoms with van der Waals surface area (Å²) in [6.45, 7) is 2.68. The Morgan fingerprint density at radius 1 is 0.852 bits per heavy atom. The number of benzene rings is 3. The first-order valence-corrected chi connectivity index (χ1v) is 8.80. The van der Waals surface area contributed by atoms with Gasteiger partial charge in [-0.25, -0.2) is 4.68 Å². The zero-order valence-electron chi connectivity index (χ0n) is 15.3. The Bertz CT molecular complexity index is 1040. The maximum atomic E-state index is 5.22. The maximum Gasteiger partial charge on any atom is 0.182 e. The van der Waals surface area contributed by atoms with Crippen LogP contribution in [0.1, 0.15) is 11.1 Å². The lowest BCUT2D eigenvalue weighted by Gasteiger charge is -2.11. The van der Waals surface area contributed by atoms with Crippen molar-refractivity contribution >= 4 is 0 Å². The van der Waals surface area contributed by atoms with Gasteiger partial charge in [-0.1, -0.05) is 66.2 Å². The lowest BCUT2D eigenvalue weighted by molar-refractivity contribution is 0.414. The van der Waals surface area contributed by atoms with Crippen molar-refractivity contribution in [1.82, 2.24) is 20.2 Å². The molecule has 0 atom stereocenters. The third-order valence-electron chi connectivity index (χ3n) is 4.55. The molecule has 4 rings (SSSR count). The van der Waals surface area contributed by atoms with Gasteiger partial charge in [-0.2, -0.15) is 0 Å². The van der Waals surface area contributed by atoms with Crippen LogP contribution in [0, 0.1) is 6.92 Å². The molecule has 0 bridgehead atoms. The van der Waals surface area contributed by atoms with E-state index in [1.807, 2.05) is 41.1 Å². The molecule has 0 unspecified atom stereocenters. The van der Waals surface area contributed by atoms with Crippen LogP contribution >= 0.6 is 0 Å². The number of methoxy groups -OCH3 is 1. The minimum atomic E-state index is 0.592. The Kier molecular flexibility index (Phi) is 4.66. The number of nitrogens with zero attached hydrogens (tertiary/aromatic N) is 4. The van der Waals surface area contributed by atoms with Gasteiger partial charge >= 0.3 is 0 Å². The first-order chi connectivity index (χ1) is 13.2.